The van der Waals surface area contributed by atoms with Gasteiger partial charge in [0, 0.05) is 5.56 Å². The Hall–Kier alpha value is -3.15. The lowest BCUT2D eigenvalue weighted by atomic mass is 9.90. The van der Waals surface area contributed by atoms with Crippen molar-refractivity contribution in [3.05, 3.63) is 70.8 Å². The van der Waals surface area contributed by atoms with Crippen LogP contribution in [0.3, 0.4) is 0 Å². The van der Waals surface area contributed by atoms with Crippen molar-refractivity contribution in [3.63, 3.8) is 0 Å². The van der Waals surface area contributed by atoms with Crippen LogP contribution in [0.15, 0.2) is 48.5 Å². The van der Waals surface area contributed by atoms with Crippen molar-refractivity contribution in [2.75, 3.05) is 6.61 Å². The van der Waals surface area contributed by atoms with E-state index in [0.717, 1.165) is 19.3 Å². The van der Waals surface area contributed by atoms with Crippen molar-refractivity contribution in [1.29, 1.82) is 0 Å². The Kier molecular flexibility index (Phi) is 5.63. The topological polar surface area (TPSA) is 84.5 Å². The number of rotatable bonds is 4. The summed E-state index contributed by atoms with van der Waals surface area (Å²) in [6, 6.07) is 14.0. The highest BCUT2D eigenvalue weighted by Gasteiger charge is 2.15. The molecule has 26 heavy (non-hydrogen) atoms. The fraction of sp³-hybridized carbons (Fsp3) is 0.250. The average molecular weight is 352 g/mol. The van der Waals surface area contributed by atoms with E-state index in [-0.39, 0.29) is 0 Å². The first kappa shape index (κ1) is 17.7. The molecule has 134 valence electrons. The fourth-order valence-electron chi connectivity index (χ4n) is 2.90. The molecule has 0 aromatic heterocycles. The Bertz CT molecular complexity index is 818. The predicted octanol–water partition coefficient (Wildman–Crippen LogP) is 2.18. The minimum absolute atomic E-state index is 0.416. The highest BCUT2D eigenvalue weighted by molar-refractivity contribution is 5.96. The van der Waals surface area contributed by atoms with Gasteiger partial charge in [0.05, 0.1) is 5.56 Å². The van der Waals surface area contributed by atoms with E-state index in [4.69, 9.17) is 4.74 Å². The summed E-state index contributed by atoms with van der Waals surface area (Å²) in [5.41, 5.74) is 7.79. The molecule has 6 nitrogen and oxygen atoms in total. The number of carbonyl (C=O) groups excluding carboxylic acids is 3. The minimum Gasteiger partial charge on any atom is -0.452 e. The number of fused-ring (bicyclic) bond motifs is 1. The molecule has 0 aliphatic heterocycles. The van der Waals surface area contributed by atoms with Crippen molar-refractivity contribution in [2.45, 2.75) is 25.7 Å². The number of hydrazine groups is 1. The normalized spacial score (nSPS) is 12.6. The molecule has 0 heterocycles. The molecule has 0 saturated heterocycles. The SMILES string of the molecule is O=C(COC(=O)c1ccc2c(c1)CCCC2)NNC(=O)c1ccccc1. The highest BCUT2D eigenvalue weighted by Crippen LogP contribution is 2.22. The maximum Gasteiger partial charge on any atom is 0.338 e. The molecule has 3 rings (SSSR count). The number of esters is 1. The van der Waals surface area contributed by atoms with Crippen LogP contribution < -0.4 is 10.9 Å². The number of benzene rings is 2. The Labute approximate surface area is 151 Å². The lowest BCUT2D eigenvalue weighted by Crippen LogP contribution is -2.43. The van der Waals surface area contributed by atoms with Gasteiger partial charge in [-0.1, -0.05) is 24.3 Å². The van der Waals surface area contributed by atoms with E-state index in [9.17, 15) is 14.4 Å². The van der Waals surface area contributed by atoms with Crippen molar-refractivity contribution >= 4 is 17.8 Å². The van der Waals surface area contributed by atoms with E-state index in [1.165, 1.54) is 17.5 Å². The number of ether oxygens (including phenoxy) is 1. The predicted molar refractivity (Wildman–Crippen MR) is 95.4 cm³/mol. The molecular weight excluding hydrogens is 332 g/mol. The molecule has 0 fully saturated rings. The lowest BCUT2D eigenvalue weighted by Gasteiger charge is -2.16. The maximum absolute atomic E-state index is 12.1. The number of carbonyl (C=O) groups is 3. The van der Waals surface area contributed by atoms with Crippen molar-refractivity contribution in [3.8, 4) is 0 Å². The zero-order chi connectivity index (χ0) is 18.4. The molecule has 1 aliphatic carbocycles. The standard InChI is InChI=1S/C20H20N2O4/c23-18(21-22-19(24)15-7-2-1-3-8-15)13-26-20(25)17-11-10-14-6-4-5-9-16(14)12-17/h1-3,7-8,10-12H,4-6,9,13H2,(H,21,23)(H,22,24). The first-order chi connectivity index (χ1) is 12.6. The fourth-order valence-corrected chi connectivity index (χ4v) is 2.90. The van der Waals surface area contributed by atoms with Gasteiger partial charge < -0.3 is 4.74 Å². The zero-order valence-electron chi connectivity index (χ0n) is 14.3. The van der Waals surface area contributed by atoms with E-state index in [0.29, 0.717) is 11.1 Å². The molecule has 0 atom stereocenters. The molecule has 0 spiro atoms. The molecule has 0 unspecified atom stereocenters. The van der Waals surface area contributed by atoms with Crippen LogP contribution in [0.4, 0.5) is 0 Å². The van der Waals surface area contributed by atoms with Crippen LogP contribution >= 0.6 is 0 Å². The Balaban J connectivity index is 1.47. The van der Waals surface area contributed by atoms with Gasteiger partial charge in [-0.25, -0.2) is 4.79 Å². The summed E-state index contributed by atoms with van der Waals surface area (Å²) in [5.74, 6) is -1.61. The number of hydrogen-bond donors (Lipinski definition) is 2. The largest absolute Gasteiger partial charge is 0.452 e. The van der Waals surface area contributed by atoms with E-state index in [2.05, 4.69) is 10.9 Å². The quantitative estimate of drug-likeness (QED) is 0.652. The molecule has 2 amide bonds. The van der Waals surface area contributed by atoms with Crippen LogP contribution in [-0.4, -0.2) is 24.4 Å². The molecule has 2 N–H and O–H groups in total. The van der Waals surface area contributed by atoms with Gasteiger partial charge in [0.15, 0.2) is 6.61 Å². The van der Waals surface area contributed by atoms with Gasteiger partial charge in [-0.05, 0) is 61.1 Å². The lowest BCUT2D eigenvalue weighted by molar-refractivity contribution is -0.125. The third-order valence-electron chi connectivity index (χ3n) is 4.27. The van der Waals surface area contributed by atoms with Gasteiger partial charge in [-0.2, -0.15) is 0 Å². The van der Waals surface area contributed by atoms with Gasteiger partial charge in [0.1, 0.15) is 0 Å². The molecule has 2 aromatic rings. The number of amides is 2. The Morgan fingerprint density at radius 2 is 1.58 bits per heavy atom. The van der Waals surface area contributed by atoms with Crippen LogP contribution in [0.2, 0.25) is 0 Å². The van der Waals surface area contributed by atoms with Gasteiger partial charge in [0.25, 0.3) is 11.8 Å². The smallest absolute Gasteiger partial charge is 0.338 e. The van der Waals surface area contributed by atoms with Gasteiger partial charge in [0.2, 0.25) is 0 Å². The summed E-state index contributed by atoms with van der Waals surface area (Å²) in [4.78, 5) is 35.7. The number of aryl methyl sites for hydroxylation is 2. The summed E-state index contributed by atoms with van der Waals surface area (Å²) < 4.78 is 5.02. The molecule has 2 aromatic carbocycles. The second-order valence-electron chi connectivity index (χ2n) is 6.14. The maximum atomic E-state index is 12.1. The number of hydrogen-bond acceptors (Lipinski definition) is 4. The van der Waals surface area contributed by atoms with Crippen LogP contribution in [0.25, 0.3) is 0 Å². The van der Waals surface area contributed by atoms with Crippen molar-refractivity contribution in [2.24, 2.45) is 0 Å². The van der Waals surface area contributed by atoms with E-state index in [1.54, 1.807) is 36.4 Å². The monoisotopic (exact) mass is 352 g/mol. The molecule has 0 saturated carbocycles. The molecule has 0 bridgehead atoms. The van der Waals surface area contributed by atoms with E-state index in [1.807, 2.05) is 12.1 Å². The zero-order valence-corrected chi connectivity index (χ0v) is 14.3. The van der Waals surface area contributed by atoms with Gasteiger partial charge in [-0.15, -0.1) is 0 Å². The van der Waals surface area contributed by atoms with Crippen LogP contribution in [0.1, 0.15) is 44.7 Å². The van der Waals surface area contributed by atoms with Gasteiger partial charge >= 0.3 is 5.97 Å². The molecule has 0 radical (unpaired) electrons. The molecule has 1 aliphatic rings. The van der Waals surface area contributed by atoms with E-state index < -0.39 is 24.4 Å². The Morgan fingerprint density at radius 3 is 2.35 bits per heavy atom. The second kappa shape index (κ2) is 8.29. The highest BCUT2D eigenvalue weighted by atomic mass is 16.5. The van der Waals surface area contributed by atoms with Crippen molar-refractivity contribution < 1.29 is 19.1 Å². The summed E-state index contributed by atoms with van der Waals surface area (Å²) in [6.45, 7) is -0.467. The average Bonchev–Trinajstić information content (AvgIpc) is 2.70. The van der Waals surface area contributed by atoms with Crippen LogP contribution in [0, 0.1) is 0 Å². The molecular formula is C20H20N2O4. The molecule has 6 heteroatoms. The second-order valence-corrected chi connectivity index (χ2v) is 6.14. The minimum atomic E-state index is -0.611. The van der Waals surface area contributed by atoms with Crippen LogP contribution in [0.5, 0.6) is 0 Å². The van der Waals surface area contributed by atoms with Gasteiger partial charge in [-0.3, -0.25) is 20.4 Å². The van der Waals surface area contributed by atoms with E-state index >= 15 is 0 Å². The first-order valence-corrected chi connectivity index (χ1v) is 8.56. The summed E-state index contributed by atoms with van der Waals surface area (Å²) in [7, 11) is 0. The first-order valence-electron chi connectivity index (χ1n) is 8.56. The summed E-state index contributed by atoms with van der Waals surface area (Å²) >= 11 is 0. The third-order valence-corrected chi connectivity index (χ3v) is 4.27. The summed E-state index contributed by atoms with van der Waals surface area (Å²) in [6.07, 6.45) is 4.29. The van der Waals surface area contributed by atoms with Crippen molar-refractivity contribution in [1.82, 2.24) is 10.9 Å². The Morgan fingerprint density at radius 1 is 0.846 bits per heavy atom. The third kappa shape index (κ3) is 4.47. The number of nitrogens with one attached hydrogen (secondary N) is 2. The summed E-state index contributed by atoms with van der Waals surface area (Å²) in [5, 5.41) is 0. The van der Waals surface area contributed by atoms with Crippen LogP contribution in [-0.2, 0) is 22.4 Å².